The predicted octanol–water partition coefficient (Wildman–Crippen LogP) is 1.82. The SMILES string of the molecule is CC(C)NS(=O)(=O)Nc1ccc(CN)cc1C(F)(F)F. The number of alkyl halides is 3. The second-order valence-electron chi connectivity index (χ2n) is 4.46. The molecule has 4 N–H and O–H groups in total. The van der Waals surface area contributed by atoms with Crippen LogP contribution in [0.15, 0.2) is 18.2 Å². The predicted molar refractivity (Wildman–Crippen MR) is 70.1 cm³/mol. The molecule has 0 aliphatic rings. The molecular formula is C11H16F3N3O2S. The van der Waals surface area contributed by atoms with Gasteiger partial charge in [-0.1, -0.05) is 6.07 Å². The highest BCUT2D eigenvalue weighted by Crippen LogP contribution is 2.35. The van der Waals surface area contributed by atoms with Crippen LogP contribution in [0.1, 0.15) is 25.0 Å². The lowest BCUT2D eigenvalue weighted by Crippen LogP contribution is -2.35. The van der Waals surface area contributed by atoms with Crippen molar-refractivity contribution >= 4 is 15.9 Å². The van der Waals surface area contributed by atoms with E-state index in [2.05, 4.69) is 4.72 Å². The molecule has 0 unspecified atom stereocenters. The molecule has 0 spiro atoms. The molecule has 0 saturated carbocycles. The Bertz CT molecular complexity index is 571. The fraction of sp³-hybridized carbons (Fsp3) is 0.455. The van der Waals surface area contributed by atoms with Crippen LogP contribution in [0.4, 0.5) is 18.9 Å². The maximum absolute atomic E-state index is 12.9. The molecule has 0 fully saturated rings. The number of hydrogen-bond acceptors (Lipinski definition) is 3. The van der Waals surface area contributed by atoms with E-state index in [0.29, 0.717) is 0 Å². The van der Waals surface area contributed by atoms with E-state index in [4.69, 9.17) is 5.73 Å². The molecule has 0 heterocycles. The normalized spacial score (nSPS) is 12.8. The number of anilines is 1. The highest BCUT2D eigenvalue weighted by atomic mass is 32.2. The van der Waals surface area contributed by atoms with Crippen molar-refractivity contribution in [3.05, 3.63) is 29.3 Å². The molecule has 0 amide bonds. The minimum atomic E-state index is -4.68. The van der Waals surface area contributed by atoms with Crippen molar-refractivity contribution in [3.63, 3.8) is 0 Å². The van der Waals surface area contributed by atoms with E-state index in [0.717, 1.165) is 12.1 Å². The van der Waals surface area contributed by atoms with E-state index in [9.17, 15) is 21.6 Å². The third-order valence-corrected chi connectivity index (χ3v) is 3.53. The number of nitrogens with one attached hydrogen (secondary N) is 2. The first-order chi connectivity index (χ1) is 9.05. The van der Waals surface area contributed by atoms with Gasteiger partial charge in [-0.05, 0) is 31.5 Å². The molecule has 0 aliphatic heterocycles. The van der Waals surface area contributed by atoms with E-state index in [1.54, 1.807) is 13.8 Å². The van der Waals surface area contributed by atoms with Gasteiger partial charge in [-0.3, -0.25) is 4.72 Å². The van der Waals surface area contributed by atoms with Crippen LogP contribution in [-0.4, -0.2) is 14.5 Å². The smallest absolute Gasteiger partial charge is 0.326 e. The Kier molecular flexibility index (Phi) is 5.00. The highest BCUT2D eigenvalue weighted by molar-refractivity contribution is 7.90. The molecule has 0 atom stereocenters. The fourth-order valence-electron chi connectivity index (χ4n) is 1.53. The largest absolute Gasteiger partial charge is 0.418 e. The lowest BCUT2D eigenvalue weighted by atomic mass is 10.1. The third kappa shape index (κ3) is 4.66. The maximum Gasteiger partial charge on any atom is 0.418 e. The zero-order valence-electron chi connectivity index (χ0n) is 11.0. The van der Waals surface area contributed by atoms with Crippen molar-refractivity contribution in [2.24, 2.45) is 5.73 Å². The van der Waals surface area contributed by atoms with Crippen LogP contribution < -0.4 is 15.2 Å². The second-order valence-corrected chi connectivity index (χ2v) is 5.91. The number of halogens is 3. The number of rotatable bonds is 5. The van der Waals surface area contributed by atoms with E-state index in [1.165, 1.54) is 6.07 Å². The van der Waals surface area contributed by atoms with Crippen molar-refractivity contribution < 1.29 is 21.6 Å². The van der Waals surface area contributed by atoms with Crippen LogP contribution in [0.2, 0.25) is 0 Å². The molecule has 0 saturated heterocycles. The standard InChI is InChI=1S/C11H16F3N3O2S/c1-7(2)16-20(18,19)17-10-4-3-8(6-15)5-9(10)11(12,13)14/h3-5,7,16-17H,6,15H2,1-2H3. The average molecular weight is 311 g/mol. The summed E-state index contributed by atoms with van der Waals surface area (Å²) in [6.45, 7) is 3.04. The monoisotopic (exact) mass is 311 g/mol. The molecule has 0 aliphatic carbocycles. The van der Waals surface area contributed by atoms with Crippen LogP contribution in [0.5, 0.6) is 0 Å². The van der Waals surface area contributed by atoms with Crippen LogP contribution in [0.25, 0.3) is 0 Å². The zero-order valence-corrected chi connectivity index (χ0v) is 11.8. The van der Waals surface area contributed by atoms with Crippen LogP contribution in [0, 0.1) is 0 Å². The molecule has 1 aromatic rings. The van der Waals surface area contributed by atoms with Gasteiger partial charge in [-0.15, -0.1) is 0 Å². The Morgan fingerprint density at radius 3 is 2.35 bits per heavy atom. The first kappa shape index (κ1) is 16.7. The van der Waals surface area contributed by atoms with Gasteiger partial charge < -0.3 is 5.73 Å². The van der Waals surface area contributed by atoms with Crippen molar-refractivity contribution in [2.45, 2.75) is 32.6 Å². The summed E-state index contributed by atoms with van der Waals surface area (Å²) in [5.74, 6) is 0. The first-order valence-electron chi connectivity index (χ1n) is 5.75. The van der Waals surface area contributed by atoms with Crippen molar-refractivity contribution in [3.8, 4) is 0 Å². The molecule has 1 rings (SSSR count). The highest BCUT2D eigenvalue weighted by Gasteiger charge is 2.34. The summed E-state index contributed by atoms with van der Waals surface area (Å²) >= 11 is 0. The third-order valence-electron chi connectivity index (χ3n) is 2.26. The molecule has 0 aromatic heterocycles. The maximum atomic E-state index is 12.9. The Morgan fingerprint density at radius 2 is 1.90 bits per heavy atom. The van der Waals surface area contributed by atoms with Gasteiger partial charge in [0.05, 0.1) is 11.3 Å². The van der Waals surface area contributed by atoms with E-state index in [1.807, 2.05) is 4.72 Å². The molecule has 0 bridgehead atoms. The van der Waals surface area contributed by atoms with Crippen molar-refractivity contribution in [1.82, 2.24) is 4.72 Å². The molecule has 9 heteroatoms. The minimum Gasteiger partial charge on any atom is -0.326 e. The first-order valence-corrected chi connectivity index (χ1v) is 7.23. The summed E-state index contributed by atoms with van der Waals surface area (Å²) in [5.41, 5.74) is 3.93. The van der Waals surface area contributed by atoms with E-state index < -0.39 is 33.7 Å². The van der Waals surface area contributed by atoms with Gasteiger partial charge in [0.1, 0.15) is 0 Å². The summed E-state index contributed by atoms with van der Waals surface area (Å²) in [6.07, 6.45) is -4.68. The summed E-state index contributed by atoms with van der Waals surface area (Å²) < 4.78 is 66.0. The number of hydrogen-bond donors (Lipinski definition) is 3. The molecular weight excluding hydrogens is 295 g/mol. The van der Waals surface area contributed by atoms with Crippen molar-refractivity contribution in [2.75, 3.05) is 4.72 Å². The summed E-state index contributed by atoms with van der Waals surface area (Å²) in [6, 6.07) is 2.77. The Morgan fingerprint density at radius 1 is 1.30 bits per heavy atom. The number of nitrogens with two attached hydrogens (primary N) is 1. The molecule has 0 radical (unpaired) electrons. The summed E-state index contributed by atoms with van der Waals surface area (Å²) in [7, 11) is -4.07. The van der Waals surface area contributed by atoms with Gasteiger partial charge in [0.15, 0.2) is 0 Å². The van der Waals surface area contributed by atoms with Crippen LogP contribution in [-0.2, 0) is 22.9 Å². The quantitative estimate of drug-likeness (QED) is 0.775. The summed E-state index contributed by atoms with van der Waals surface area (Å²) in [5, 5.41) is 0. The second kappa shape index (κ2) is 5.98. The van der Waals surface area contributed by atoms with E-state index in [-0.39, 0.29) is 12.1 Å². The minimum absolute atomic E-state index is 0.0691. The van der Waals surface area contributed by atoms with Crippen molar-refractivity contribution in [1.29, 1.82) is 0 Å². The lowest BCUT2D eigenvalue weighted by Gasteiger charge is -2.17. The van der Waals surface area contributed by atoms with Gasteiger partial charge >= 0.3 is 6.18 Å². The molecule has 20 heavy (non-hydrogen) atoms. The topological polar surface area (TPSA) is 84.2 Å². The van der Waals surface area contributed by atoms with Crippen LogP contribution in [0.3, 0.4) is 0 Å². The lowest BCUT2D eigenvalue weighted by molar-refractivity contribution is -0.136. The van der Waals surface area contributed by atoms with Crippen LogP contribution >= 0.6 is 0 Å². The molecule has 114 valence electrons. The van der Waals surface area contributed by atoms with E-state index >= 15 is 0 Å². The van der Waals surface area contributed by atoms with Gasteiger partial charge in [0.2, 0.25) is 0 Å². The Hall–Kier alpha value is -1.32. The van der Waals surface area contributed by atoms with Gasteiger partial charge in [-0.25, -0.2) is 0 Å². The van der Waals surface area contributed by atoms with Gasteiger partial charge in [0, 0.05) is 12.6 Å². The fourth-order valence-corrected chi connectivity index (χ4v) is 2.67. The Balaban J connectivity index is 3.19. The van der Waals surface area contributed by atoms with Gasteiger partial charge in [-0.2, -0.15) is 26.3 Å². The van der Waals surface area contributed by atoms with Gasteiger partial charge in [0.25, 0.3) is 10.2 Å². The molecule has 5 nitrogen and oxygen atoms in total. The molecule has 1 aromatic carbocycles. The average Bonchev–Trinajstić information content (AvgIpc) is 2.25. The zero-order chi connectivity index (χ0) is 15.6. The number of benzene rings is 1. The summed E-state index contributed by atoms with van der Waals surface area (Å²) in [4.78, 5) is 0. The Labute approximate surface area is 115 Å².